The third kappa shape index (κ3) is 3.51. The fourth-order valence-electron chi connectivity index (χ4n) is 2.64. The number of hydrogen-bond donors (Lipinski definition) is 1. The zero-order chi connectivity index (χ0) is 18.8. The first kappa shape index (κ1) is 18.2. The molecule has 0 aliphatic carbocycles. The van der Waals surface area contributed by atoms with E-state index in [1.165, 1.54) is 16.3 Å². The number of anilines is 1. The molecule has 134 valence electrons. The van der Waals surface area contributed by atoms with E-state index < -0.39 is 5.25 Å². The summed E-state index contributed by atoms with van der Waals surface area (Å²) in [5, 5.41) is 3.67. The molecule has 0 saturated heterocycles. The van der Waals surface area contributed by atoms with Gasteiger partial charge in [0.1, 0.15) is 0 Å². The molecule has 0 bridgehead atoms. The van der Waals surface area contributed by atoms with E-state index in [1.54, 1.807) is 13.1 Å². The van der Waals surface area contributed by atoms with E-state index in [-0.39, 0.29) is 11.5 Å². The highest BCUT2D eigenvalue weighted by Crippen LogP contribution is 2.24. The molecule has 1 aromatic heterocycles. The third-order valence-electron chi connectivity index (χ3n) is 4.46. The van der Waals surface area contributed by atoms with E-state index >= 15 is 0 Å². The molecule has 0 radical (unpaired) electrons. The minimum atomic E-state index is -0.394. The summed E-state index contributed by atoms with van der Waals surface area (Å²) in [4.78, 5) is 29.6. The first-order valence-corrected chi connectivity index (χ1v) is 9.26. The van der Waals surface area contributed by atoms with Crippen molar-refractivity contribution in [2.45, 2.75) is 31.2 Å². The van der Waals surface area contributed by atoms with Gasteiger partial charge in [-0.1, -0.05) is 36.0 Å². The number of hydrogen-bond acceptors (Lipinski definition) is 4. The van der Waals surface area contributed by atoms with Gasteiger partial charge < -0.3 is 5.32 Å². The van der Waals surface area contributed by atoms with Crippen LogP contribution in [0, 0.1) is 13.8 Å². The van der Waals surface area contributed by atoms with Crippen molar-refractivity contribution < 1.29 is 4.79 Å². The van der Waals surface area contributed by atoms with E-state index in [2.05, 4.69) is 10.3 Å². The predicted octanol–water partition coefficient (Wildman–Crippen LogP) is 3.67. The van der Waals surface area contributed by atoms with E-state index in [0.717, 1.165) is 16.8 Å². The lowest BCUT2D eigenvalue weighted by molar-refractivity contribution is -0.115. The zero-order valence-electron chi connectivity index (χ0n) is 15.2. The molecule has 1 heterocycles. The number of carbonyl (C=O) groups excluding carboxylic acids is 1. The summed E-state index contributed by atoms with van der Waals surface area (Å²) in [6.07, 6.45) is 0. The number of carbonyl (C=O) groups is 1. The predicted molar refractivity (Wildman–Crippen MR) is 107 cm³/mol. The van der Waals surface area contributed by atoms with Crippen molar-refractivity contribution in [2.75, 3.05) is 5.32 Å². The molecule has 0 saturated carbocycles. The van der Waals surface area contributed by atoms with Crippen molar-refractivity contribution in [3.63, 3.8) is 0 Å². The molecule has 0 aliphatic heterocycles. The maximum absolute atomic E-state index is 12.6. The second-order valence-electron chi connectivity index (χ2n) is 6.27. The van der Waals surface area contributed by atoms with Crippen LogP contribution in [0.5, 0.6) is 0 Å². The number of rotatable bonds is 4. The number of fused-ring (bicyclic) bond motifs is 1. The molecule has 1 unspecified atom stereocenters. The number of para-hydroxylation sites is 1. The molecule has 1 amide bonds. The molecule has 1 N–H and O–H groups in total. The molecule has 1 atom stereocenters. The topological polar surface area (TPSA) is 64.0 Å². The van der Waals surface area contributed by atoms with Gasteiger partial charge in [-0.25, -0.2) is 4.98 Å². The average molecular weight is 367 g/mol. The van der Waals surface area contributed by atoms with Gasteiger partial charge in [-0.15, -0.1) is 0 Å². The summed E-state index contributed by atoms with van der Waals surface area (Å²) >= 11 is 1.28. The monoisotopic (exact) mass is 367 g/mol. The second-order valence-corrected chi connectivity index (χ2v) is 7.58. The standard InChI is InChI=1S/C20H21N3O2S/c1-12-8-7-11-16(13(12)2)21-18(24)14(3)26-20-22-17-10-6-5-9-15(17)19(25)23(20)4/h5-11,14H,1-4H3,(H,21,24). The Labute approximate surface area is 156 Å². The molecular formula is C20H21N3O2S. The Kier molecular flexibility index (Phi) is 5.13. The van der Waals surface area contributed by atoms with E-state index in [1.807, 2.05) is 57.2 Å². The average Bonchev–Trinajstić information content (AvgIpc) is 2.63. The van der Waals surface area contributed by atoms with Crippen LogP contribution in [0.3, 0.4) is 0 Å². The van der Waals surface area contributed by atoms with E-state index in [0.29, 0.717) is 16.1 Å². The second kappa shape index (κ2) is 7.33. The normalized spacial score (nSPS) is 12.2. The van der Waals surface area contributed by atoms with Crippen LogP contribution in [0.15, 0.2) is 52.4 Å². The van der Waals surface area contributed by atoms with Gasteiger partial charge in [0.05, 0.1) is 16.2 Å². The van der Waals surface area contributed by atoms with Crippen molar-refractivity contribution in [3.05, 3.63) is 63.9 Å². The molecule has 0 fully saturated rings. The molecule has 0 aliphatic rings. The van der Waals surface area contributed by atoms with Crippen LogP contribution in [-0.4, -0.2) is 20.7 Å². The number of aromatic nitrogens is 2. The Morgan fingerprint density at radius 3 is 2.65 bits per heavy atom. The smallest absolute Gasteiger partial charge is 0.261 e. The third-order valence-corrected chi connectivity index (χ3v) is 5.60. The van der Waals surface area contributed by atoms with Crippen molar-refractivity contribution in [1.82, 2.24) is 9.55 Å². The van der Waals surface area contributed by atoms with Crippen LogP contribution in [0.1, 0.15) is 18.1 Å². The quantitative estimate of drug-likeness (QED) is 0.564. The van der Waals surface area contributed by atoms with Gasteiger partial charge in [0.15, 0.2) is 5.16 Å². The first-order valence-electron chi connectivity index (χ1n) is 8.38. The summed E-state index contributed by atoms with van der Waals surface area (Å²) in [5.41, 5.74) is 3.51. The molecule has 6 heteroatoms. The van der Waals surface area contributed by atoms with Gasteiger partial charge in [-0.05, 0) is 50.1 Å². The maximum atomic E-state index is 12.6. The van der Waals surface area contributed by atoms with Crippen LogP contribution in [-0.2, 0) is 11.8 Å². The number of aryl methyl sites for hydroxylation is 1. The molecule has 3 rings (SSSR count). The summed E-state index contributed by atoms with van der Waals surface area (Å²) in [6.45, 7) is 5.81. The molecule has 0 spiro atoms. The lowest BCUT2D eigenvalue weighted by atomic mass is 10.1. The number of benzene rings is 2. The Morgan fingerprint density at radius 1 is 1.15 bits per heavy atom. The summed E-state index contributed by atoms with van der Waals surface area (Å²) < 4.78 is 1.49. The summed E-state index contributed by atoms with van der Waals surface area (Å²) in [7, 11) is 1.68. The van der Waals surface area contributed by atoms with Crippen LogP contribution in [0.4, 0.5) is 5.69 Å². The van der Waals surface area contributed by atoms with Crippen LogP contribution < -0.4 is 10.9 Å². The first-order chi connectivity index (χ1) is 12.4. The molecular weight excluding hydrogens is 346 g/mol. The molecule has 5 nitrogen and oxygen atoms in total. The van der Waals surface area contributed by atoms with Gasteiger partial charge in [0.2, 0.25) is 5.91 Å². The zero-order valence-corrected chi connectivity index (χ0v) is 16.1. The number of amides is 1. The van der Waals surface area contributed by atoms with Crippen molar-refractivity contribution in [2.24, 2.45) is 7.05 Å². The Bertz CT molecular complexity index is 1040. The highest BCUT2D eigenvalue weighted by molar-refractivity contribution is 8.00. The summed E-state index contributed by atoms with van der Waals surface area (Å²) in [5.74, 6) is -0.119. The van der Waals surface area contributed by atoms with E-state index in [4.69, 9.17) is 0 Å². The maximum Gasteiger partial charge on any atom is 0.261 e. The minimum Gasteiger partial charge on any atom is -0.325 e. The Balaban J connectivity index is 1.83. The van der Waals surface area contributed by atoms with Crippen molar-refractivity contribution >= 4 is 34.3 Å². The fraction of sp³-hybridized carbons (Fsp3) is 0.250. The number of thioether (sulfide) groups is 1. The van der Waals surface area contributed by atoms with Gasteiger partial charge in [-0.3, -0.25) is 14.2 Å². The molecule has 2 aromatic carbocycles. The number of nitrogens with one attached hydrogen (secondary N) is 1. The van der Waals surface area contributed by atoms with Gasteiger partial charge in [0.25, 0.3) is 5.56 Å². The van der Waals surface area contributed by atoms with E-state index in [9.17, 15) is 9.59 Å². The fourth-order valence-corrected chi connectivity index (χ4v) is 3.51. The van der Waals surface area contributed by atoms with Gasteiger partial charge in [-0.2, -0.15) is 0 Å². The van der Waals surface area contributed by atoms with Crippen LogP contribution in [0.2, 0.25) is 0 Å². The largest absolute Gasteiger partial charge is 0.325 e. The lowest BCUT2D eigenvalue weighted by Crippen LogP contribution is -2.26. The SMILES string of the molecule is Cc1cccc(NC(=O)C(C)Sc2nc3ccccc3c(=O)n2C)c1C. The number of nitrogens with zero attached hydrogens (tertiary/aromatic N) is 2. The minimum absolute atomic E-state index is 0.111. The Hall–Kier alpha value is -2.60. The van der Waals surface area contributed by atoms with Crippen LogP contribution >= 0.6 is 11.8 Å². The van der Waals surface area contributed by atoms with Crippen LogP contribution in [0.25, 0.3) is 10.9 Å². The molecule has 26 heavy (non-hydrogen) atoms. The Morgan fingerprint density at radius 2 is 1.88 bits per heavy atom. The van der Waals surface area contributed by atoms with Crippen molar-refractivity contribution in [1.29, 1.82) is 0 Å². The van der Waals surface area contributed by atoms with Gasteiger partial charge >= 0.3 is 0 Å². The van der Waals surface area contributed by atoms with Gasteiger partial charge in [0, 0.05) is 12.7 Å². The highest BCUT2D eigenvalue weighted by atomic mass is 32.2. The van der Waals surface area contributed by atoms with Crippen molar-refractivity contribution in [3.8, 4) is 0 Å². The molecule has 3 aromatic rings. The summed E-state index contributed by atoms with van der Waals surface area (Å²) in [6, 6.07) is 13.1. The lowest BCUT2D eigenvalue weighted by Gasteiger charge is -2.15. The highest BCUT2D eigenvalue weighted by Gasteiger charge is 2.19.